The van der Waals surface area contributed by atoms with Crippen LogP contribution in [0.5, 0.6) is 0 Å². The van der Waals surface area contributed by atoms with Crippen molar-refractivity contribution in [3.63, 3.8) is 0 Å². The molecular formula is C12H18N4O4. The lowest BCUT2D eigenvalue weighted by molar-refractivity contribution is -0.117. The second-order valence-corrected chi connectivity index (χ2v) is 4.43. The third-order valence-corrected chi connectivity index (χ3v) is 2.72. The van der Waals surface area contributed by atoms with E-state index in [0.717, 1.165) is 4.90 Å². The van der Waals surface area contributed by atoms with Gasteiger partial charge in [-0.1, -0.05) is 0 Å². The fraction of sp³-hybridized carbons (Fsp3) is 0.500. The van der Waals surface area contributed by atoms with Gasteiger partial charge < -0.3 is 19.8 Å². The molecule has 2 amide bonds. The minimum Gasteiger partial charge on any atom is -0.476 e. The van der Waals surface area contributed by atoms with Crippen molar-refractivity contribution >= 4 is 23.6 Å². The number of amides is 2. The fourth-order valence-corrected chi connectivity index (χ4v) is 1.66. The van der Waals surface area contributed by atoms with Crippen molar-refractivity contribution in [1.82, 2.24) is 14.9 Å². The van der Waals surface area contributed by atoms with Crippen molar-refractivity contribution < 1.29 is 19.5 Å². The third-order valence-electron chi connectivity index (χ3n) is 2.72. The van der Waals surface area contributed by atoms with E-state index in [0.29, 0.717) is 19.4 Å². The summed E-state index contributed by atoms with van der Waals surface area (Å²) in [6, 6.07) is -0.463. The predicted octanol–water partition coefficient (Wildman–Crippen LogP) is 0.633. The highest BCUT2D eigenvalue weighted by Crippen LogP contribution is 2.16. The van der Waals surface area contributed by atoms with Crippen molar-refractivity contribution in [3.05, 3.63) is 12.0 Å². The van der Waals surface area contributed by atoms with Crippen LogP contribution in [-0.2, 0) is 11.8 Å². The molecule has 0 aliphatic carbocycles. The molecule has 0 saturated heterocycles. The van der Waals surface area contributed by atoms with Crippen LogP contribution in [0.25, 0.3) is 0 Å². The first-order chi connectivity index (χ1) is 9.34. The van der Waals surface area contributed by atoms with E-state index in [1.807, 2.05) is 0 Å². The number of nitrogens with one attached hydrogen (secondary N) is 1. The Morgan fingerprint density at radius 2 is 2.10 bits per heavy atom. The Morgan fingerprint density at radius 3 is 2.65 bits per heavy atom. The van der Waals surface area contributed by atoms with Crippen LogP contribution in [0.4, 0.5) is 10.6 Å². The number of urea groups is 1. The maximum absolute atomic E-state index is 11.9. The van der Waals surface area contributed by atoms with Gasteiger partial charge in [0, 0.05) is 27.1 Å². The lowest BCUT2D eigenvalue weighted by Crippen LogP contribution is -2.38. The zero-order chi connectivity index (χ0) is 15.3. The summed E-state index contributed by atoms with van der Waals surface area (Å²) >= 11 is 0. The number of carbonyl (C=O) groups excluding carboxylic acids is 2. The third kappa shape index (κ3) is 3.81. The van der Waals surface area contributed by atoms with E-state index in [1.165, 1.54) is 24.9 Å². The number of nitrogens with zero attached hydrogens (tertiary/aromatic N) is 3. The molecule has 0 bridgehead atoms. The Balaban J connectivity index is 2.65. The Hall–Kier alpha value is -2.38. The highest BCUT2D eigenvalue weighted by Gasteiger charge is 2.22. The number of ketones is 1. The van der Waals surface area contributed by atoms with E-state index in [-0.39, 0.29) is 17.3 Å². The summed E-state index contributed by atoms with van der Waals surface area (Å²) in [6.07, 6.45) is 2.27. The first-order valence-corrected chi connectivity index (χ1v) is 6.10. The molecule has 1 heterocycles. The van der Waals surface area contributed by atoms with Gasteiger partial charge in [-0.3, -0.25) is 4.90 Å². The van der Waals surface area contributed by atoms with Crippen molar-refractivity contribution in [2.75, 3.05) is 18.5 Å². The molecule has 0 aliphatic heterocycles. The van der Waals surface area contributed by atoms with Crippen molar-refractivity contribution in [3.8, 4) is 0 Å². The Morgan fingerprint density at radius 1 is 1.45 bits per heavy atom. The maximum atomic E-state index is 11.9. The number of anilines is 1. The molecule has 1 aromatic heterocycles. The summed E-state index contributed by atoms with van der Waals surface area (Å²) in [6.45, 7) is 1.83. The van der Waals surface area contributed by atoms with Crippen LogP contribution in [0, 0.1) is 0 Å². The van der Waals surface area contributed by atoms with Crippen LogP contribution in [0.1, 0.15) is 30.3 Å². The van der Waals surface area contributed by atoms with Crippen LogP contribution < -0.4 is 10.2 Å². The average Bonchev–Trinajstić information content (AvgIpc) is 2.75. The van der Waals surface area contributed by atoms with Gasteiger partial charge in [0.25, 0.3) is 0 Å². The van der Waals surface area contributed by atoms with Crippen LogP contribution >= 0.6 is 0 Å². The monoisotopic (exact) mass is 282 g/mol. The smallest absolute Gasteiger partial charge is 0.356 e. The average molecular weight is 282 g/mol. The molecule has 0 aliphatic rings. The largest absolute Gasteiger partial charge is 0.476 e. The molecule has 8 heteroatoms. The van der Waals surface area contributed by atoms with E-state index in [2.05, 4.69) is 10.3 Å². The molecule has 2 N–H and O–H groups in total. The molecule has 1 rings (SSSR count). The van der Waals surface area contributed by atoms with Gasteiger partial charge in [-0.2, -0.15) is 0 Å². The number of hydrogen-bond donors (Lipinski definition) is 2. The zero-order valence-corrected chi connectivity index (χ0v) is 11.7. The predicted molar refractivity (Wildman–Crippen MR) is 71.9 cm³/mol. The van der Waals surface area contributed by atoms with E-state index < -0.39 is 12.0 Å². The van der Waals surface area contributed by atoms with Crippen LogP contribution in [0.2, 0.25) is 0 Å². The summed E-state index contributed by atoms with van der Waals surface area (Å²) in [5.74, 6) is -1.02. The number of imidazole rings is 1. The van der Waals surface area contributed by atoms with Crippen LogP contribution in [0.15, 0.2) is 6.33 Å². The van der Waals surface area contributed by atoms with Gasteiger partial charge in [0.15, 0.2) is 11.5 Å². The molecule has 0 saturated carbocycles. The standard InChI is InChI=1S/C12H18N4O4/c1-8(17)5-4-6-13-12(20)16(3)10-9(11(18)19)15(2)7-14-10/h7H,4-6H2,1-3H3,(H,13,20)(H,18,19). The first-order valence-electron chi connectivity index (χ1n) is 6.10. The molecule has 0 unspecified atom stereocenters. The second kappa shape index (κ2) is 6.69. The van der Waals surface area contributed by atoms with E-state index in [4.69, 9.17) is 5.11 Å². The van der Waals surface area contributed by atoms with Gasteiger partial charge in [0.2, 0.25) is 0 Å². The number of hydrogen-bond acceptors (Lipinski definition) is 4. The van der Waals surface area contributed by atoms with Crippen molar-refractivity contribution in [2.45, 2.75) is 19.8 Å². The fourth-order valence-electron chi connectivity index (χ4n) is 1.66. The minimum atomic E-state index is -1.16. The number of aromatic carboxylic acids is 1. The van der Waals surface area contributed by atoms with Gasteiger partial charge in [-0.15, -0.1) is 0 Å². The van der Waals surface area contributed by atoms with Crippen LogP contribution in [0.3, 0.4) is 0 Å². The van der Waals surface area contributed by atoms with Gasteiger partial charge in [0.05, 0.1) is 6.33 Å². The lowest BCUT2D eigenvalue weighted by Gasteiger charge is -2.16. The van der Waals surface area contributed by atoms with Crippen LogP contribution in [-0.4, -0.2) is 46.0 Å². The number of carbonyl (C=O) groups is 3. The lowest BCUT2D eigenvalue weighted by atomic mass is 10.2. The van der Waals surface area contributed by atoms with Gasteiger partial charge >= 0.3 is 12.0 Å². The van der Waals surface area contributed by atoms with E-state index in [9.17, 15) is 14.4 Å². The Labute approximate surface area is 116 Å². The summed E-state index contributed by atoms with van der Waals surface area (Å²) in [5, 5.41) is 11.7. The first kappa shape index (κ1) is 15.7. The number of aryl methyl sites for hydroxylation is 1. The Kier molecular flexibility index (Phi) is 5.24. The highest BCUT2D eigenvalue weighted by molar-refractivity contribution is 5.98. The summed E-state index contributed by atoms with van der Waals surface area (Å²) in [5.41, 5.74) is -0.0635. The molecule has 8 nitrogen and oxygen atoms in total. The molecule has 0 radical (unpaired) electrons. The van der Waals surface area contributed by atoms with E-state index in [1.54, 1.807) is 7.05 Å². The normalized spacial score (nSPS) is 10.2. The van der Waals surface area contributed by atoms with Gasteiger partial charge in [-0.05, 0) is 13.3 Å². The molecule has 1 aromatic rings. The molecular weight excluding hydrogens is 264 g/mol. The number of aromatic nitrogens is 2. The molecule has 0 aromatic carbocycles. The SMILES string of the molecule is CC(=O)CCCNC(=O)N(C)c1ncn(C)c1C(=O)O. The van der Waals surface area contributed by atoms with Gasteiger partial charge in [0.1, 0.15) is 5.78 Å². The minimum absolute atomic E-state index is 0.0606. The number of Topliss-reactive ketones (excluding diaryl/α,β-unsaturated/α-hetero) is 1. The molecule has 20 heavy (non-hydrogen) atoms. The Bertz CT molecular complexity index is 524. The zero-order valence-electron chi connectivity index (χ0n) is 11.7. The van der Waals surface area contributed by atoms with Crippen molar-refractivity contribution in [1.29, 1.82) is 0 Å². The maximum Gasteiger partial charge on any atom is 0.356 e. The topological polar surface area (TPSA) is 105 Å². The summed E-state index contributed by atoms with van der Waals surface area (Å²) in [4.78, 5) is 38.8. The molecule has 0 spiro atoms. The molecule has 0 atom stereocenters. The molecule has 0 fully saturated rings. The number of rotatable bonds is 6. The van der Waals surface area contributed by atoms with Gasteiger partial charge in [-0.25, -0.2) is 14.6 Å². The van der Waals surface area contributed by atoms with E-state index >= 15 is 0 Å². The quantitative estimate of drug-likeness (QED) is 0.745. The number of carboxylic acid groups (broad SMARTS) is 1. The summed E-state index contributed by atoms with van der Waals surface area (Å²) in [7, 11) is 2.98. The van der Waals surface area contributed by atoms with Crippen molar-refractivity contribution in [2.24, 2.45) is 7.05 Å². The second-order valence-electron chi connectivity index (χ2n) is 4.43. The number of carboxylic acids is 1. The summed E-state index contributed by atoms with van der Waals surface area (Å²) < 4.78 is 1.33. The highest BCUT2D eigenvalue weighted by atomic mass is 16.4. The molecule has 110 valence electrons.